The Morgan fingerprint density at radius 1 is 0.920 bits per heavy atom. The minimum atomic E-state index is 0.109. The molecule has 0 aliphatic carbocycles. The molecular weight excluding hydrogens is 310 g/mol. The standard InChI is InChI=1S/C21H27N3O/c1-18-6-5-9-20(14-18)15-22-21(25)17-24-12-10-23(11-13-24)16-19-7-3-2-4-8-19/h2-9,14H,10-13,15-17H2,1H3,(H,22,25). The zero-order chi connectivity index (χ0) is 17.5. The number of hydrogen-bond acceptors (Lipinski definition) is 3. The van der Waals surface area contributed by atoms with E-state index in [1.807, 2.05) is 6.07 Å². The third-order valence-electron chi connectivity index (χ3n) is 4.65. The molecule has 1 aliphatic heterocycles. The van der Waals surface area contributed by atoms with Crippen molar-refractivity contribution in [3.63, 3.8) is 0 Å². The molecule has 2 aromatic carbocycles. The maximum absolute atomic E-state index is 12.2. The van der Waals surface area contributed by atoms with E-state index in [1.165, 1.54) is 11.1 Å². The average Bonchev–Trinajstić information content (AvgIpc) is 2.63. The summed E-state index contributed by atoms with van der Waals surface area (Å²) in [4.78, 5) is 16.9. The van der Waals surface area contributed by atoms with Crippen LogP contribution in [0.3, 0.4) is 0 Å². The van der Waals surface area contributed by atoms with Gasteiger partial charge in [0.2, 0.25) is 5.91 Å². The van der Waals surface area contributed by atoms with E-state index >= 15 is 0 Å². The van der Waals surface area contributed by atoms with Crippen LogP contribution in [0.4, 0.5) is 0 Å². The van der Waals surface area contributed by atoms with Crippen molar-refractivity contribution in [2.24, 2.45) is 0 Å². The maximum atomic E-state index is 12.2. The van der Waals surface area contributed by atoms with Gasteiger partial charge in [-0.2, -0.15) is 0 Å². The fourth-order valence-corrected chi connectivity index (χ4v) is 3.23. The number of piperazine rings is 1. The highest BCUT2D eigenvalue weighted by molar-refractivity contribution is 5.78. The molecule has 1 saturated heterocycles. The fraction of sp³-hybridized carbons (Fsp3) is 0.381. The summed E-state index contributed by atoms with van der Waals surface area (Å²) in [6.07, 6.45) is 0. The lowest BCUT2D eigenvalue weighted by Gasteiger charge is -2.34. The topological polar surface area (TPSA) is 35.6 Å². The van der Waals surface area contributed by atoms with Crippen molar-refractivity contribution in [3.8, 4) is 0 Å². The van der Waals surface area contributed by atoms with E-state index in [4.69, 9.17) is 0 Å². The van der Waals surface area contributed by atoms with Gasteiger partial charge in [-0.1, -0.05) is 60.2 Å². The van der Waals surface area contributed by atoms with Gasteiger partial charge < -0.3 is 5.32 Å². The number of hydrogen-bond donors (Lipinski definition) is 1. The number of carbonyl (C=O) groups is 1. The van der Waals surface area contributed by atoms with E-state index < -0.39 is 0 Å². The van der Waals surface area contributed by atoms with Gasteiger partial charge in [0.1, 0.15) is 0 Å². The van der Waals surface area contributed by atoms with Gasteiger partial charge in [-0.25, -0.2) is 0 Å². The van der Waals surface area contributed by atoms with Crippen molar-refractivity contribution in [1.29, 1.82) is 0 Å². The van der Waals surface area contributed by atoms with Crippen molar-refractivity contribution in [1.82, 2.24) is 15.1 Å². The number of rotatable bonds is 6. The van der Waals surface area contributed by atoms with Gasteiger partial charge in [0, 0.05) is 39.3 Å². The van der Waals surface area contributed by atoms with Gasteiger partial charge >= 0.3 is 0 Å². The van der Waals surface area contributed by atoms with E-state index in [0.717, 1.165) is 38.3 Å². The molecule has 132 valence electrons. The van der Waals surface area contributed by atoms with Crippen molar-refractivity contribution in [2.75, 3.05) is 32.7 Å². The lowest BCUT2D eigenvalue weighted by Crippen LogP contribution is -2.49. The van der Waals surface area contributed by atoms with Crippen molar-refractivity contribution in [2.45, 2.75) is 20.0 Å². The molecule has 0 saturated carbocycles. The van der Waals surface area contributed by atoms with Crippen LogP contribution in [0, 0.1) is 6.92 Å². The van der Waals surface area contributed by atoms with Crippen LogP contribution >= 0.6 is 0 Å². The second kappa shape index (κ2) is 8.79. The second-order valence-electron chi connectivity index (χ2n) is 6.80. The van der Waals surface area contributed by atoms with Crippen LogP contribution in [0.1, 0.15) is 16.7 Å². The number of amides is 1. The Bertz CT molecular complexity index is 679. The first-order valence-electron chi connectivity index (χ1n) is 9.00. The molecule has 0 aromatic heterocycles. The monoisotopic (exact) mass is 337 g/mol. The lowest BCUT2D eigenvalue weighted by atomic mass is 10.1. The number of carbonyl (C=O) groups excluding carboxylic acids is 1. The highest BCUT2D eigenvalue weighted by Gasteiger charge is 2.18. The summed E-state index contributed by atoms with van der Waals surface area (Å²) in [5, 5.41) is 3.03. The average molecular weight is 337 g/mol. The Hall–Kier alpha value is -2.17. The van der Waals surface area contributed by atoms with Gasteiger partial charge in [-0.05, 0) is 18.1 Å². The Labute approximate surface area is 150 Å². The summed E-state index contributed by atoms with van der Waals surface area (Å²) >= 11 is 0. The molecule has 1 heterocycles. The van der Waals surface area contributed by atoms with Crippen LogP contribution in [0.2, 0.25) is 0 Å². The smallest absolute Gasteiger partial charge is 0.234 e. The zero-order valence-corrected chi connectivity index (χ0v) is 14.9. The third kappa shape index (κ3) is 5.69. The van der Waals surface area contributed by atoms with Crippen molar-refractivity contribution < 1.29 is 4.79 Å². The molecule has 1 amide bonds. The molecule has 1 aliphatic rings. The first-order chi connectivity index (χ1) is 12.2. The van der Waals surface area contributed by atoms with Gasteiger partial charge in [-0.3, -0.25) is 14.6 Å². The lowest BCUT2D eigenvalue weighted by molar-refractivity contribution is -0.122. The van der Waals surface area contributed by atoms with Gasteiger partial charge in [-0.15, -0.1) is 0 Å². The molecule has 1 fully saturated rings. The van der Waals surface area contributed by atoms with Gasteiger partial charge in [0.25, 0.3) is 0 Å². The Kier molecular flexibility index (Phi) is 6.20. The van der Waals surface area contributed by atoms with Crippen LogP contribution in [0.5, 0.6) is 0 Å². The first kappa shape index (κ1) is 17.6. The summed E-state index contributed by atoms with van der Waals surface area (Å²) in [5.74, 6) is 0.109. The van der Waals surface area contributed by atoms with Crippen LogP contribution in [0.25, 0.3) is 0 Å². The quantitative estimate of drug-likeness (QED) is 0.879. The highest BCUT2D eigenvalue weighted by atomic mass is 16.2. The van der Waals surface area contributed by atoms with E-state index in [-0.39, 0.29) is 5.91 Å². The SMILES string of the molecule is Cc1cccc(CNC(=O)CN2CCN(Cc3ccccc3)CC2)c1. The summed E-state index contributed by atoms with van der Waals surface area (Å²) in [6.45, 7) is 8.09. The summed E-state index contributed by atoms with van der Waals surface area (Å²) < 4.78 is 0. The second-order valence-corrected chi connectivity index (χ2v) is 6.80. The fourth-order valence-electron chi connectivity index (χ4n) is 3.23. The van der Waals surface area contributed by atoms with Crippen molar-refractivity contribution in [3.05, 3.63) is 71.3 Å². The van der Waals surface area contributed by atoms with E-state index in [9.17, 15) is 4.79 Å². The maximum Gasteiger partial charge on any atom is 0.234 e. The van der Waals surface area contributed by atoms with Crippen LogP contribution in [-0.4, -0.2) is 48.4 Å². The van der Waals surface area contributed by atoms with Crippen molar-refractivity contribution >= 4 is 5.91 Å². The number of nitrogens with zero attached hydrogens (tertiary/aromatic N) is 2. The molecule has 0 spiro atoms. The summed E-state index contributed by atoms with van der Waals surface area (Å²) in [7, 11) is 0. The number of benzene rings is 2. The Morgan fingerprint density at radius 3 is 2.32 bits per heavy atom. The molecule has 0 radical (unpaired) electrons. The Balaban J connectivity index is 1.37. The highest BCUT2D eigenvalue weighted by Crippen LogP contribution is 2.08. The molecule has 4 nitrogen and oxygen atoms in total. The first-order valence-corrected chi connectivity index (χ1v) is 9.00. The molecule has 2 aromatic rings. The summed E-state index contributed by atoms with van der Waals surface area (Å²) in [5.41, 5.74) is 3.73. The minimum absolute atomic E-state index is 0.109. The molecular formula is C21H27N3O. The molecule has 1 N–H and O–H groups in total. The molecule has 3 rings (SSSR count). The number of nitrogens with one attached hydrogen (secondary N) is 1. The molecule has 0 unspecified atom stereocenters. The van der Waals surface area contributed by atoms with Crippen LogP contribution in [-0.2, 0) is 17.9 Å². The molecule has 0 bridgehead atoms. The van der Waals surface area contributed by atoms with Gasteiger partial charge in [0.05, 0.1) is 6.54 Å². The van der Waals surface area contributed by atoms with Crippen LogP contribution in [0.15, 0.2) is 54.6 Å². The van der Waals surface area contributed by atoms with Crippen LogP contribution < -0.4 is 5.32 Å². The van der Waals surface area contributed by atoms with E-state index in [1.54, 1.807) is 0 Å². The van der Waals surface area contributed by atoms with Gasteiger partial charge in [0.15, 0.2) is 0 Å². The largest absolute Gasteiger partial charge is 0.351 e. The Morgan fingerprint density at radius 2 is 1.60 bits per heavy atom. The van der Waals surface area contributed by atoms with E-state index in [2.05, 4.69) is 70.6 Å². The normalized spacial score (nSPS) is 15.9. The third-order valence-corrected chi connectivity index (χ3v) is 4.65. The predicted octanol–water partition coefficient (Wildman–Crippen LogP) is 2.43. The summed E-state index contributed by atoms with van der Waals surface area (Å²) in [6, 6.07) is 18.8. The predicted molar refractivity (Wildman–Crippen MR) is 101 cm³/mol. The molecule has 25 heavy (non-hydrogen) atoms. The number of aryl methyl sites for hydroxylation is 1. The molecule has 0 atom stereocenters. The van der Waals surface area contributed by atoms with E-state index in [0.29, 0.717) is 13.1 Å². The molecule has 4 heteroatoms. The zero-order valence-electron chi connectivity index (χ0n) is 14.9. The minimum Gasteiger partial charge on any atom is -0.351 e.